The number of nitrogens with zero attached hydrogens (tertiary/aromatic N) is 1. The predicted octanol–water partition coefficient (Wildman–Crippen LogP) is 4.04. The molecular weight excluding hydrogens is 268 g/mol. The van der Waals surface area contributed by atoms with Gasteiger partial charge in [0.1, 0.15) is 0 Å². The van der Waals surface area contributed by atoms with Crippen LogP contribution in [0.3, 0.4) is 0 Å². The molecule has 0 radical (unpaired) electrons. The summed E-state index contributed by atoms with van der Waals surface area (Å²) in [5, 5.41) is 4.36. The van der Waals surface area contributed by atoms with Gasteiger partial charge in [-0.25, -0.2) is 0 Å². The molecule has 0 heterocycles. The third-order valence-electron chi connectivity index (χ3n) is 3.86. The smallest absolute Gasteiger partial charge is 0.0409 e. The molecule has 0 aliphatic rings. The fourth-order valence-corrected chi connectivity index (χ4v) is 2.48. The van der Waals surface area contributed by atoms with Crippen LogP contribution in [-0.4, -0.2) is 31.1 Å². The predicted molar refractivity (Wildman–Crippen MR) is 89.3 cm³/mol. The molecule has 114 valence electrons. The zero-order chi connectivity index (χ0) is 15.1. The van der Waals surface area contributed by atoms with E-state index in [1.807, 2.05) is 18.2 Å². The Morgan fingerprint density at radius 2 is 1.85 bits per heavy atom. The van der Waals surface area contributed by atoms with Crippen LogP contribution in [0.2, 0.25) is 5.02 Å². The molecule has 1 aromatic carbocycles. The Morgan fingerprint density at radius 3 is 2.45 bits per heavy atom. The van der Waals surface area contributed by atoms with Gasteiger partial charge in [-0.05, 0) is 56.6 Å². The lowest BCUT2D eigenvalue weighted by Crippen LogP contribution is -2.39. The monoisotopic (exact) mass is 296 g/mol. The van der Waals surface area contributed by atoms with Crippen molar-refractivity contribution in [1.29, 1.82) is 0 Å². The summed E-state index contributed by atoms with van der Waals surface area (Å²) in [6.07, 6.45) is 0. The SMILES string of the molecule is CC(C)CNCC(C)C(C)N(C)Cc1cccc(Cl)c1. The molecule has 2 atom stereocenters. The summed E-state index contributed by atoms with van der Waals surface area (Å²) in [5.41, 5.74) is 1.27. The topological polar surface area (TPSA) is 15.3 Å². The molecule has 0 aliphatic carbocycles. The summed E-state index contributed by atoms with van der Waals surface area (Å²) in [4.78, 5) is 2.40. The highest BCUT2D eigenvalue weighted by molar-refractivity contribution is 6.30. The van der Waals surface area contributed by atoms with Crippen molar-refractivity contribution in [2.75, 3.05) is 20.1 Å². The van der Waals surface area contributed by atoms with E-state index in [4.69, 9.17) is 11.6 Å². The molecule has 0 spiro atoms. The van der Waals surface area contributed by atoms with Crippen molar-refractivity contribution in [2.45, 2.75) is 40.3 Å². The Balaban J connectivity index is 2.43. The Hall–Kier alpha value is -0.570. The maximum Gasteiger partial charge on any atom is 0.0409 e. The Bertz CT molecular complexity index is 392. The molecule has 20 heavy (non-hydrogen) atoms. The molecule has 1 N–H and O–H groups in total. The van der Waals surface area contributed by atoms with Gasteiger partial charge < -0.3 is 5.32 Å². The quantitative estimate of drug-likeness (QED) is 0.779. The summed E-state index contributed by atoms with van der Waals surface area (Å²) in [5.74, 6) is 1.33. The zero-order valence-corrected chi connectivity index (χ0v) is 14.2. The summed E-state index contributed by atoms with van der Waals surface area (Å²) < 4.78 is 0. The molecule has 0 fully saturated rings. The molecule has 0 saturated heterocycles. The fraction of sp³-hybridized carbons (Fsp3) is 0.647. The second kappa shape index (κ2) is 8.66. The van der Waals surface area contributed by atoms with E-state index in [1.54, 1.807) is 0 Å². The van der Waals surface area contributed by atoms with Crippen LogP contribution in [0, 0.1) is 11.8 Å². The molecule has 3 heteroatoms. The van der Waals surface area contributed by atoms with Gasteiger partial charge in [-0.2, -0.15) is 0 Å². The van der Waals surface area contributed by atoms with Gasteiger partial charge in [0.15, 0.2) is 0 Å². The van der Waals surface area contributed by atoms with E-state index in [9.17, 15) is 0 Å². The van der Waals surface area contributed by atoms with Crippen LogP contribution >= 0.6 is 11.6 Å². The molecular formula is C17H29ClN2. The first kappa shape index (κ1) is 17.5. The Kier molecular flexibility index (Phi) is 7.57. The molecule has 2 unspecified atom stereocenters. The maximum absolute atomic E-state index is 6.04. The second-order valence-corrected chi connectivity index (χ2v) is 6.75. The average molecular weight is 297 g/mol. The Morgan fingerprint density at radius 1 is 1.15 bits per heavy atom. The lowest BCUT2D eigenvalue weighted by molar-refractivity contribution is 0.188. The maximum atomic E-state index is 6.04. The van der Waals surface area contributed by atoms with E-state index in [2.05, 4.69) is 51.0 Å². The third-order valence-corrected chi connectivity index (χ3v) is 4.09. The van der Waals surface area contributed by atoms with Crippen molar-refractivity contribution in [3.8, 4) is 0 Å². The third kappa shape index (κ3) is 6.25. The van der Waals surface area contributed by atoms with Gasteiger partial charge >= 0.3 is 0 Å². The van der Waals surface area contributed by atoms with E-state index >= 15 is 0 Å². The number of benzene rings is 1. The molecule has 1 rings (SSSR count). The molecule has 0 aliphatic heterocycles. The highest BCUT2D eigenvalue weighted by Crippen LogP contribution is 2.15. The largest absolute Gasteiger partial charge is 0.316 e. The van der Waals surface area contributed by atoms with Gasteiger partial charge in [0.05, 0.1) is 0 Å². The molecule has 0 amide bonds. The van der Waals surface area contributed by atoms with Crippen LogP contribution in [-0.2, 0) is 6.54 Å². The van der Waals surface area contributed by atoms with Gasteiger partial charge in [-0.3, -0.25) is 4.90 Å². The highest BCUT2D eigenvalue weighted by Gasteiger charge is 2.17. The molecule has 1 aromatic rings. The van der Waals surface area contributed by atoms with Gasteiger partial charge in [0.25, 0.3) is 0 Å². The van der Waals surface area contributed by atoms with Crippen molar-refractivity contribution in [1.82, 2.24) is 10.2 Å². The number of rotatable bonds is 8. The van der Waals surface area contributed by atoms with E-state index in [0.717, 1.165) is 24.7 Å². The minimum absolute atomic E-state index is 0.536. The van der Waals surface area contributed by atoms with Crippen LogP contribution in [0.5, 0.6) is 0 Å². The van der Waals surface area contributed by atoms with Gasteiger partial charge in [-0.1, -0.05) is 44.5 Å². The lowest BCUT2D eigenvalue weighted by atomic mass is 10.0. The van der Waals surface area contributed by atoms with Crippen molar-refractivity contribution in [3.05, 3.63) is 34.9 Å². The van der Waals surface area contributed by atoms with Gasteiger partial charge in [0.2, 0.25) is 0 Å². The Labute approximate surface area is 129 Å². The summed E-state index contributed by atoms with van der Waals surface area (Å²) >= 11 is 6.04. The number of halogens is 1. The summed E-state index contributed by atoms with van der Waals surface area (Å²) in [6.45, 7) is 12.2. The van der Waals surface area contributed by atoms with Crippen molar-refractivity contribution >= 4 is 11.6 Å². The van der Waals surface area contributed by atoms with Gasteiger partial charge in [-0.15, -0.1) is 0 Å². The van der Waals surface area contributed by atoms with E-state index in [0.29, 0.717) is 17.9 Å². The molecule has 0 bridgehead atoms. The average Bonchev–Trinajstić information content (AvgIpc) is 2.37. The molecule has 0 saturated carbocycles. The normalized spacial score (nSPS) is 14.8. The fourth-order valence-electron chi connectivity index (χ4n) is 2.27. The molecule has 2 nitrogen and oxygen atoms in total. The van der Waals surface area contributed by atoms with E-state index in [1.165, 1.54) is 5.56 Å². The first-order chi connectivity index (χ1) is 9.40. The summed E-state index contributed by atoms with van der Waals surface area (Å²) in [7, 11) is 2.19. The van der Waals surface area contributed by atoms with Crippen molar-refractivity contribution < 1.29 is 0 Å². The zero-order valence-electron chi connectivity index (χ0n) is 13.5. The lowest BCUT2D eigenvalue weighted by Gasteiger charge is -2.30. The van der Waals surface area contributed by atoms with E-state index in [-0.39, 0.29) is 0 Å². The first-order valence-corrected chi connectivity index (χ1v) is 7.93. The molecule has 0 aromatic heterocycles. The number of nitrogens with one attached hydrogen (secondary N) is 1. The number of hydrogen-bond donors (Lipinski definition) is 1. The standard InChI is InChI=1S/C17H29ClN2/c1-13(2)10-19-11-14(3)15(4)20(5)12-16-7-6-8-17(18)9-16/h6-9,13-15,19H,10-12H2,1-5H3. The van der Waals surface area contributed by atoms with Crippen LogP contribution in [0.1, 0.15) is 33.3 Å². The highest BCUT2D eigenvalue weighted by atomic mass is 35.5. The van der Waals surface area contributed by atoms with Gasteiger partial charge in [0, 0.05) is 17.6 Å². The van der Waals surface area contributed by atoms with Crippen molar-refractivity contribution in [2.24, 2.45) is 11.8 Å². The van der Waals surface area contributed by atoms with Crippen LogP contribution in [0.4, 0.5) is 0 Å². The van der Waals surface area contributed by atoms with Crippen molar-refractivity contribution in [3.63, 3.8) is 0 Å². The summed E-state index contributed by atoms with van der Waals surface area (Å²) in [6, 6.07) is 8.66. The van der Waals surface area contributed by atoms with E-state index < -0.39 is 0 Å². The minimum Gasteiger partial charge on any atom is -0.316 e. The first-order valence-electron chi connectivity index (χ1n) is 7.55. The van der Waals surface area contributed by atoms with Crippen LogP contribution in [0.15, 0.2) is 24.3 Å². The van der Waals surface area contributed by atoms with Crippen LogP contribution < -0.4 is 5.32 Å². The van der Waals surface area contributed by atoms with Crippen LogP contribution in [0.25, 0.3) is 0 Å². The second-order valence-electron chi connectivity index (χ2n) is 6.32. The minimum atomic E-state index is 0.536. The number of hydrogen-bond acceptors (Lipinski definition) is 2.